The van der Waals surface area contributed by atoms with Crippen LogP contribution in [0.3, 0.4) is 0 Å². The van der Waals surface area contributed by atoms with Crippen LogP contribution in [0.15, 0.2) is 24.3 Å². The Labute approximate surface area is 120 Å². The number of hydrogen-bond acceptors (Lipinski definition) is 3. The summed E-state index contributed by atoms with van der Waals surface area (Å²) in [6.07, 6.45) is 3.86. The summed E-state index contributed by atoms with van der Waals surface area (Å²) < 4.78 is 0. The van der Waals surface area contributed by atoms with Crippen molar-refractivity contribution in [3.05, 3.63) is 30.1 Å². The smallest absolute Gasteiger partial charge is 0.121 e. The Morgan fingerprint density at radius 1 is 1.35 bits per heavy atom. The van der Waals surface area contributed by atoms with E-state index in [1.807, 2.05) is 12.1 Å². The maximum Gasteiger partial charge on any atom is 0.121 e. The van der Waals surface area contributed by atoms with Gasteiger partial charge in [0.05, 0.1) is 17.6 Å². The molecule has 3 rings (SSSR count). The highest BCUT2D eigenvalue weighted by molar-refractivity contribution is 5.74. The third-order valence-electron chi connectivity index (χ3n) is 4.59. The van der Waals surface area contributed by atoms with Crippen LogP contribution in [-0.4, -0.2) is 34.0 Å². The van der Waals surface area contributed by atoms with E-state index in [9.17, 15) is 0 Å². The van der Waals surface area contributed by atoms with Crippen molar-refractivity contribution < 1.29 is 0 Å². The third-order valence-corrected chi connectivity index (χ3v) is 4.59. The molecule has 4 nitrogen and oxygen atoms in total. The first-order valence-corrected chi connectivity index (χ1v) is 7.69. The van der Waals surface area contributed by atoms with Crippen LogP contribution in [-0.2, 0) is 6.54 Å². The monoisotopic (exact) mass is 272 g/mol. The molecule has 0 aliphatic heterocycles. The molecule has 4 heteroatoms. The number of benzene rings is 1. The van der Waals surface area contributed by atoms with Crippen molar-refractivity contribution in [1.82, 2.24) is 14.9 Å². The minimum Gasteiger partial charge on any atom is -0.341 e. The fourth-order valence-electron chi connectivity index (χ4n) is 3.51. The molecule has 20 heavy (non-hydrogen) atoms. The number of fused-ring (bicyclic) bond motifs is 1. The van der Waals surface area contributed by atoms with Gasteiger partial charge in [-0.05, 0) is 44.0 Å². The summed E-state index contributed by atoms with van der Waals surface area (Å²) in [5.41, 5.74) is 8.10. The van der Waals surface area contributed by atoms with Gasteiger partial charge in [-0.15, -0.1) is 0 Å². The summed E-state index contributed by atoms with van der Waals surface area (Å²) in [5, 5.41) is 0. The van der Waals surface area contributed by atoms with Crippen LogP contribution in [0.2, 0.25) is 0 Å². The van der Waals surface area contributed by atoms with Crippen molar-refractivity contribution in [2.75, 3.05) is 13.1 Å². The number of H-pyrrole nitrogens is 1. The van der Waals surface area contributed by atoms with Gasteiger partial charge >= 0.3 is 0 Å². The van der Waals surface area contributed by atoms with Crippen molar-refractivity contribution in [1.29, 1.82) is 0 Å². The lowest BCUT2D eigenvalue weighted by atomic mass is 10.0. The lowest BCUT2D eigenvalue weighted by molar-refractivity contribution is 0.159. The zero-order chi connectivity index (χ0) is 13.9. The first-order chi connectivity index (χ1) is 9.81. The van der Waals surface area contributed by atoms with Crippen LogP contribution in [0.25, 0.3) is 11.0 Å². The molecule has 1 fully saturated rings. The average molecular weight is 272 g/mol. The van der Waals surface area contributed by atoms with Gasteiger partial charge in [0.25, 0.3) is 0 Å². The zero-order valence-electron chi connectivity index (χ0n) is 12.2. The van der Waals surface area contributed by atoms with Gasteiger partial charge in [-0.2, -0.15) is 0 Å². The van der Waals surface area contributed by atoms with Crippen molar-refractivity contribution in [3.63, 3.8) is 0 Å². The summed E-state index contributed by atoms with van der Waals surface area (Å²) in [7, 11) is 0. The van der Waals surface area contributed by atoms with Crippen LogP contribution in [0.5, 0.6) is 0 Å². The predicted molar refractivity (Wildman–Crippen MR) is 82.4 cm³/mol. The maximum atomic E-state index is 5.92. The number of aromatic nitrogens is 2. The van der Waals surface area contributed by atoms with Gasteiger partial charge in [0.1, 0.15) is 5.82 Å². The summed E-state index contributed by atoms with van der Waals surface area (Å²) >= 11 is 0. The molecule has 1 aromatic heterocycles. The predicted octanol–water partition coefficient (Wildman–Crippen LogP) is 2.51. The van der Waals surface area contributed by atoms with E-state index in [1.54, 1.807) is 0 Å². The summed E-state index contributed by atoms with van der Waals surface area (Å²) in [6.45, 7) is 4.99. The Kier molecular flexibility index (Phi) is 4.03. The Morgan fingerprint density at radius 2 is 2.20 bits per heavy atom. The Morgan fingerprint density at radius 3 is 2.95 bits per heavy atom. The van der Waals surface area contributed by atoms with Gasteiger partial charge in [-0.25, -0.2) is 4.98 Å². The van der Waals surface area contributed by atoms with Gasteiger partial charge in [0.15, 0.2) is 0 Å². The summed E-state index contributed by atoms with van der Waals surface area (Å²) in [5.74, 6) is 1.72. The topological polar surface area (TPSA) is 57.9 Å². The molecule has 1 aromatic carbocycles. The molecule has 0 spiro atoms. The van der Waals surface area contributed by atoms with Crippen molar-refractivity contribution in [3.8, 4) is 0 Å². The molecule has 0 saturated heterocycles. The van der Waals surface area contributed by atoms with Crippen LogP contribution in [0.4, 0.5) is 0 Å². The number of nitrogens with zero attached hydrogens (tertiary/aromatic N) is 2. The molecule has 3 N–H and O–H groups in total. The highest BCUT2D eigenvalue weighted by atomic mass is 15.2. The average Bonchev–Trinajstić information content (AvgIpc) is 3.10. The van der Waals surface area contributed by atoms with E-state index >= 15 is 0 Å². The fourth-order valence-corrected chi connectivity index (χ4v) is 3.51. The number of aromatic amines is 1. The SMILES string of the molecule is CCN(Cc1nc2ccccc2[nH]1)C1CCCC1CN. The van der Waals surface area contributed by atoms with E-state index in [1.165, 1.54) is 19.3 Å². The second-order valence-corrected chi connectivity index (χ2v) is 5.76. The molecule has 108 valence electrons. The Hall–Kier alpha value is -1.39. The molecule has 1 aliphatic rings. The van der Waals surface area contributed by atoms with Crippen LogP contribution in [0, 0.1) is 5.92 Å². The van der Waals surface area contributed by atoms with Gasteiger partial charge in [-0.1, -0.05) is 25.5 Å². The van der Waals surface area contributed by atoms with E-state index in [0.717, 1.165) is 36.5 Å². The maximum absolute atomic E-state index is 5.92. The molecule has 1 saturated carbocycles. The second-order valence-electron chi connectivity index (χ2n) is 5.76. The second kappa shape index (κ2) is 5.94. The number of nitrogens with one attached hydrogen (secondary N) is 1. The fraction of sp³-hybridized carbons (Fsp3) is 0.562. The number of imidazole rings is 1. The molecule has 2 aromatic rings. The first-order valence-electron chi connectivity index (χ1n) is 7.69. The molecule has 2 atom stereocenters. The molecule has 2 unspecified atom stereocenters. The van der Waals surface area contributed by atoms with Crippen molar-refractivity contribution in [2.45, 2.75) is 38.8 Å². The molecule has 0 radical (unpaired) electrons. The molecular formula is C16H24N4. The molecule has 1 aliphatic carbocycles. The van der Waals surface area contributed by atoms with Gasteiger partial charge < -0.3 is 10.7 Å². The van der Waals surface area contributed by atoms with E-state index in [4.69, 9.17) is 10.7 Å². The van der Waals surface area contributed by atoms with Crippen LogP contribution in [0.1, 0.15) is 32.0 Å². The molecular weight excluding hydrogens is 248 g/mol. The first kappa shape index (κ1) is 13.6. The van der Waals surface area contributed by atoms with Gasteiger partial charge in [0.2, 0.25) is 0 Å². The zero-order valence-corrected chi connectivity index (χ0v) is 12.2. The molecule has 0 bridgehead atoms. The summed E-state index contributed by atoms with van der Waals surface area (Å²) in [6, 6.07) is 8.85. The van der Waals surface area contributed by atoms with E-state index in [0.29, 0.717) is 12.0 Å². The number of nitrogens with two attached hydrogens (primary N) is 1. The number of para-hydroxylation sites is 2. The van der Waals surface area contributed by atoms with Crippen molar-refractivity contribution >= 4 is 11.0 Å². The van der Waals surface area contributed by atoms with E-state index in [2.05, 4.69) is 28.9 Å². The Bertz CT molecular complexity index is 529. The largest absolute Gasteiger partial charge is 0.341 e. The highest BCUT2D eigenvalue weighted by Crippen LogP contribution is 2.30. The molecule has 1 heterocycles. The highest BCUT2D eigenvalue weighted by Gasteiger charge is 2.30. The van der Waals surface area contributed by atoms with E-state index < -0.39 is 0 Å². The lowest BCUT2D eigenvalue weighted by Crippen LogP contribution is -2.40. The van der Waals surface area contributed by atoms with E-state index in [-0.39, 0.29) is 0 Å². The molecule has 0 amide bonds. The quantitative estimate of drug-likeness (QED) is 0.879. The van der Waals surface area contributed by atoms with Gasteiger partial charge in [0, 0.05) is 6.04 Å². The lowest BCUT2D eigenvalue weighted by Gasteiger charge is -2.31. The van der Waals surface area contributed by atoms with Gasteiger partial charge in [-0.3, -0.25) is 4.90 Å². The Balaban J connectivity index is 1.77. The minimum absolute atomic E-state index is 0.623. The number of hydrogen-bond donors (Lipinski definition) is 2. The minimum atomic E-state index is 0.623. The summed E-state index contributed by atoms with van der Waals surface area (Å²) in [4.78, 5) is 10.7. The standard InChI is InChI=1S/C16H24N4/c1-2-20(15-9-5-6-12(15)10-17)11-16-18-13-7-3-4-8-14(13)19-16/h3-4,7-8,12,15H,2,5-6,9-11,17H2,1H3,(H,18,19). The number of rotatable bonds is 5. The normalized spacial score (nSPS) is 22.9. The van der Waals surface area contributed by atoms with Crippen molar-refractivity contribution in [2.24, 2.45) is 11.7 Å². The van der Waals surface area contributed by atoms with Crippen LogP contribution < -0.4 is 5.73 Å². The third kappa shape index (κ3) is 2.58. The van der Waals surface area contributed by atoms with Crippen LogP contribution >= 0.6 is 0 Å².